The molecule has 0 radical (unpaired) electrons. The Kier molecular flexibility index (Phi) is 3.88. The minimum absolute atomic E-state index is 0.358. The molecule has 3 heteroatoms. The van der Waals surface area contributed by atoms with E-state index in [1.807, 2.05) is 42.5 Å². The Hall–Kier alpha value is -2.00. The highest BCUT2D eigenvalue weighted by Gasteiger charge is 2.21. The zero-order valence-electron chi connectivity index (χ0n) is 11.4. The summed E-state index contributed by atoms with van der Waals surface area (Å²) in [5.41, 5.74) is 2.56. The van der Waals surface area contributed by atoms with Crippen molar-refractivity contribution in [3.63, 3.8) is 0 Å². The smallest absolute Gasteiger partial charge is 0.119 e. The molecular weight excluding hydrogens is 250 g/mol. The van der Waals surface area contributed by atoms with Crippen LogP contribution in [-0.2, 0) is 6.42 Å². The van der Waals surface area contributed by atoms with Gasteiger partial charge in [0.25, 0.3) is 0 Å². The van der Waals surface area contributed by atoms with Crippen LogP contribution >= 0.6 is 0 Å². The molecule has 0 saturated heterocycles. The third-order valence-corrected chi connectivity index (χ3v) is 3.71. The van der Waals surface area contributed by atoms with E-state index in [1.54, 1.807) is 6.07 Å². The minimum atomic E-state index is 0.358. The van der Waals surface area contributed by atoms with E-state index in [1.165, 1.54) is 11.1 Å². The molecule has 1 aliphatic carbocycles. The second-order valence-corrected chi connectivity index (χ2v) is 5.09. The number of phenolic OH excluding ortho intramolecular Hbond substituents is 1. The number of phenols is 1. The number of hydrogen-bond acceptors (Lipinski definition) is 3. The highest BCUT2D eigenvalue weighted by Crippen LogP contribution is 2.32. The summed E-state index contributed by atoms with van der Waals surface area (Å²) in [5.74, 6) is 1.27. The van der Waals surface area contributed by atoms with Gasteiger partial charge in [0.15, 0.2) is 0 Å². The van der Waals surface area contributed by atoms with Gasteiger partial charge in [-0.15, -0.1) is 0 Å². The summed E-state index contributed by atoms with van der Waals surface area (Å²) >= 11 is 0. The van der Waals surface area contributed by atoms with Crippen molar-refractivity contribution < 1.29 is 9.84 Å². The lowest BCUT2D eigenvalue weighted by molar-refractivity contribution is 0.305. The molecule has 0 saturated carbocycles. The number of aromatic hydroxyl groups is 1. The molecule has 2 aromatic rings. The van der Waals surface area contributed by atoms with Crippen LogP contribution < -0.4 is 10.1 Å². The van der Waals surface area contributed by atoms with Gasteiger partial charge in [-0.2, -0.15) is 0 Å². The van der Waals surface area contributed by atoms with Crippen LogP contribution in [0.25, 0.3) is 0 Å². The van der Waals surface area contributed by atoms with Crippen LogP contribution in [0.3, 0.4) is 0 Å². The molecule has 0 amide bonds. The third kappa shape index (κ3) is 2.94. The van der Waals surface area contributed by atoms with E-state index in [0.29, 0.717) is 18.4 Å². The fraction of sp³-hybridized carbons (Fsp3) is 0.294. The number of ether oxygens (including phenoxy) is 1. The average Bonchev–Trinajstić information content (AvgIpc) is 2.87. The van der Waals surface area contributed by atoms with Crippen molar-refractivity contribution in [2.45, 2.75) is 18.9 Å². The highest BCUT2D eigenvalue weighted by molar-refractivity contribution is 5.40. The highest BCUT2D eigenvalue weighted by atomic mass is 16.5. The first-order chi connectivity index (χ1) is 9.83. The fourth-order valence-corrected chi connectivity index (χ4v) is 2.73. The first-order valence-electron chi connectivity index (χ1n) is 7.06. The van der Waals surface area contributed by atoms with Gasteiger partial charge in [0.1, 0.15) is 18.1 Å². The van der Waals surface area contributed by atoms with Crippen molar-refractivity contribution in [2.75, 3.05) is 13.2 Å². The van der Waals surface area contributed by atoms with E-state index in [4.69, 9.17) is 4.74 Å². The summed E-state index contributed by atoms with van der Waals surface area (Å²) in [7, 11) is 0. The van der Waals surface area contributed by atoms with Crippen molar-refractivity contribution in [1.82, 2.24) is 5.32 Å². The van der Waals surface area contributed by atoms with Gasteiger partial charge in [-0.1, -0.05) is 24.3 Å². The molecule has 0 bridgehead atoms. The summed E-state index contributed by atoms with van der Waals surface area (Å²) < 4.78 is 5.67. The molecule has 2 N–H and O–H groups in total. The van der Waals surface area contributed by atoms with E-state index in [2.05, 4.69) is 5.32 Å². The number of aryl methyl sites for hydroxylation is 1. The Morgan fingerprint density at radius 1 is 1.15 bits per heavy atom. The third-order valence-electron chi connectivity index (χ3n) is 3.71. The minimum Gasteiger partial charge on any atom is -0.508 e. The molecule has 0 heterocycles. The first kappa shape index (κ1) is 13.0. The molecule has 3 rings (SSSR count). The van der Waals surface area contributed by atoms with E-state index >= 15 is 0 Å². The Bertz CT molecular complexity index is 568. The van der Waals surface area contributed by atoms with Crippen LogP contribution in [0.5, 0.6) is 11.5 Å². The lowest BCUT2D eigenvalue weighted by Crippen LogP contribution is -2.24. The molecule has 2 aromatic carbocycles. The van der Waals surface area contributed by atoms with Crippen LogP contribution in [0.1, 0.15) is 23.6 Å². The summed E-state index contributed by atoms with van der Waals surface area (Å²) in [6.07, 6.45) is 2.12. The van der Waals surface area contributed by atoms with Crippen LogP contribution in [0.4, 0.5) is 0 Å². The van der Waals surface area contributed by atoms with Gasteiger partial charge in [0, 0.05) is 12.6 Å². The molecule has 0 aliphatic heterocycles. The lowest BCUT2D eigenvalue weighted by atomic mass is 10.1. The second-order valence-electron chi connectivity index (χ2n) is 5.09. The maximum absolute atomic E-state index is 9.48. The predicted molar refractivity (Wildman–Crippen MR) is 79.1 cm³/mol. The second kappa shape index (κ2) is 5.97. The number of para-hydroxylation sites is 1. The van der Waals surface area contributed by atoms with Gasteiger partial charge in [-0.05, 0) is 48.2 Å². The number of rotatable bonds is 5. The number of fused-ring (bicyclic) bond motifs is 1. The zero-order chi connectivity index (χ0) is 13.8. The Morgan fingerprint density at radius 3 is 2.85 bits per heavy atom. The summed E-state index contributed by atoms with van der Waals surface area (Å²) in [6, 6.07) is 15.9. The van der Waals surface area contributed by atoms with Gasteiger partial charge in [0.05, 0.1) is 0 Å². The molecule has 0 spiro atoms. The quantitative estimate of drug-likeness (QED) is 0.820. The largest absolute Gasteiger partial charge is 0.508 e. The summed E-state index contributed by atoms with van der Waals surface area (Å²) in [6.45, 7) is 1.48. The number of benzene rings is 2. The van der Waals surface area contributed by atoms with Crippen molar-refractivity contribution in [3.05, 3.63) is 59.7 Å². The lowest BCUT2D eigenvalue weighted by Gasteiger charge is -2.14. The maximum atomic E-state index is 9.48. The summed E-state index contributed by atoms with van der Waals surface area (Å²) in [4.78, 5) is 0. The Morgan fingerprint density at radius 2 is 2.00 bits per heavy atom. The van der Waals surface area contributed by atoms with Gasteiger partial charge in [0.2, 0.25) is 0 Å². The molecule has 1 aliphatic rings. The van der Waals surface area contributed by atoms with E-state index in [9.17, 15) is 5.11 Å². The number of hydrogen-bond donors (Lipinski definition) is 2. The predicted octanol–water partition coefficient (Wildman–Crippen LogP) is 3.05. The van der Waals surface area contributed by atoms with Crippen molar-refractivity contribution >= 4 is 0 Å². The molecule has 20 heavy (non-hydrogen) atoms. The Balaban J connectivity index is 1.49. The average molecular weight is 269 g/mol. The van der Waals surface area contributed by atoms with Crippen LogP contribution in [0.15, 0.2) is 48.5 Å². The molecule has 0 aromatic heterocycles. The molecule has 1 atom stereocenters. The topological polar surface area (TPSA) is 41.5 Å². The van der Waals surface area contributed by atoms with E-state index < -0.39 is 0 Å². The van der Waals surface area contributed by atoms with E-state index in [-0.39, 0.29) is 0 Å². The molecule has 104 valence electrons. The standard InChI is InChI=1S/C17H19NO2/c19-14-7-8-16-13(12-14)6-9-17(16)18-10-11-20-15-4-2-1-3-5-15/h1-5,7-8,12,17-19H,6,9-11H2. The SMILES string of the molecule is Oc1ccc2c(c1)CCC2NCCOc1ccccc1. The number of nitrogens with one attached hydrogen (secondary N) is 1. The molecule has 0 fully saturated rings. The van der Waals surface area contributed by atoms with Crippen molar-refractivity contribution in [1.29, 1.82) is 0 Å². The van der Waals surface area contributed by atoms with Gasteiger partial charge < -0.3 is 15.2 Å². The zero-order valence-corrected chi connectivity index (χ0v) is 11.4. The van der Waals surface area contributed by atoms with Crippen LogP contribution in [0, 0.1) is 0 Å². The van der Waals surface area contributed by atoms with Crippen molar-refractivity contribution in [2.24, 2.45) is 0 Å². The normalized spacial score (nSPS) is 16.9. The summed E-state index contributed by atoms with van der Waals surface area (Å²) in [5, 5.41) is 13.0. The van der Waals surface area contributed by atoms with E-state index in [0.717, 1.165) is 25.1 Å². The first-order valence-corrected chi connectivity index (χ1v) is 7.06. The van der Waals surface area contributed by atoms with Crippen LogP contribution in [0.2, 0.25) is 0 Å². The van der Waals surface area contributed by atoms with Gasteiger partial charge in [-0.25, -0.2) is 0 Å². The van der Waals surface area contributed by atoms with Crippen LogP contribution in [-0.4, -0.2) is 18.3 Å². The monoisotopic (exact) mass is 269 g/mol. The van der Waals surface area contributed by atoms with Gasteiger partial charge >= 0.3 is 0 Å². The Labute approximate surface area is 119 Å². The molecule has 1 unspecified atom stereocenters. The maximum Gasteiger partial charge on any atom is 0.119 e. The van der Waals surface area contributed by atoms with Gasteiger partial charge in [-0.3, -0.25) is 0 Å². The van der Waals surface area contributed by atoms with Crippen molar-refractivity contribution in [3.8, 4) is 11.5 Å². The molecular formula is C17H19NO2. The molecule has 3 nitrogen and oxygen atoms in total. The fourth-order valence-electron chi connectivity index (χ4n) is 2.73.